The molecule has 27 heavy (non-hydrogen) atoms. The summed E-state index contributed by atoms with van der Waals surface area (Å²) in [5.74, 6) is -0.541. The monoisotopic (exact) mass is 387 g/mol. The number of amides is 2. The fourth-order valence-corrected chi connectivity index (χ4v) is 3.00. The average molecular weight is 388 g/mol. The summed E-state index contributed by atoms with van der Waals surface area (Å²) in [7, 11) is 0. The molecular weight excluding hydrogens is 366 g/mol. The lowest BCUT2D eigenvalue weighted by Crippen LogP contribution is -2.32. The number of rotatable bonds is 7. The molecule has 0 radical (unpaired) electrons. The molecule has 0 spiro atoms. The first-order valence-electron chi connectivity index (χ1n) is 9.00. The van der Waals surface area contributed by atoms with Gasteiger partial charge in [0.05, 0.1) is 6.10 Å². The summed E-state index contributed by atoms with van der Waals surface area (Å²) in [6.07, 6.45) is 4.19. The highest BCUT2D eigenvalue weighted by atomic mass is 35.5. The van der Waals surface area contributed by atoms with E-state index in [9.17, 15) is 9.59 Å². The Morgan fingerprint density at radius 1 is 1.15 bits per heavy atom. The van der Waals surface area contributed by atoms with Crippen LogP contribution < -0.4 is 10.6 Å². The predicted octanol–water partition coefficient (Wildman–Crippen LogP) is 2.62. The van der Waals surface area contributed by atoms with Crippen molar-refractivity contribution in [1.29, 1.82) is 0 Å². The molecular formula is C20H22ClN3O3. The predicted molar refractivity (Wildman–Crippen MR) is 103 cm³/mol. The highest BCUT2D eigenvalue weighted by Crippen LogP contribution is 2.11. The number of carbonyl (C=O) groups is 2. The third-order valence-electron chi connectivity index (χ3n) is 4.38. The average Bonchev–Trinajstić information content (AvgIpc) is 3.21. The zero-order valence-corrected chi connectivity index (χ0v) is 15.7. The van der Waals surface area contributed by atoms with E-state index in [1.165, 1.54) is 12.3 Å². The van der Waals surface area contributed by atoms with Gasteiger partial charge in [-0.05, 0) is 49.1 Å². The van der Waals surface area contributed by atoms with Crippen molar-refractivity contribution in [2.75, 3.05) is 19.7 Å². The van der Waals surface area contributed by atoms with Gasteiger partial charge in [-0.25, -0.2) is 0 Å². The van der Waals surface area contributed by atoms with E-state index in [1.807, 2.05) is 24.3 Å². The lowest BCUT2D eigenvalue weighted by Gasteiger charge is -2.11. The number of carbonyl (C=O) groups excluding carboxylic acids is 2. The number of hydrogen-bond acceptors (Lipinski definition) is 4. The van der Waals surface area contributed by atoms with E-state index in [4.69, 9.17) is 16.3 Å². The van der Waals surface area contributed by atoms with Crippen LogP contribution >= 0.6 is 11.6 Å². The molecule has 0 saturated carbocycles. The number of hydrogen-bond donors (Lipinski definition) is 2. The lowest BCUT2D eigenvalue weighted by atomic mass is 10.1. The Balaban J connectivity index is 1.50. The van der Waals surface area contributed by atoms with E-state index >= 15 is 0 Å². The normalized spacial score (nSPS) is 16.1. The maximum absolute atomic E-state index is 12.3. The molecule has 1 saturated heterocycles. The summed E-state index contributed by atoms with van der Waals surface area (Å²) in [6, 6.07) is 10.6. The van der Waals surface area contributed by atoms with Gasteiger partial charge in [0.15, 0.2) is 0 Å². The lowest BCUT2D eigenvalue weighted by molar-refractivity contribution is 0.0853. The van der Waals surface area contributed by atoms with Gasteiger partial charge >= 0.3 is 0 Å². The summed E-state index contributed by atoms with van der Waals surface area (Å²) in [4.78, 5) is 28.6. The first kappa shape index (κ1) is 19.3. The minimum atomic E-state index is -0.304. The summed E-state index contributed by atoms with van der Waals surface area (Å²) in [5.41, 5.74) is 1.71. The first-order valence-corrected chi connectivity index (χ1v) is 9.38. The minimum Gasteiger partial charge on any atom is -0.376 e. The number of pyridine rings is 1. The molecule has 3 rings (SSSR count). The van der Waals surface area contributed by atoms with Gasteiger partial charge < -0.3 is 15.4 Å². The van der Waals surface area contributed by atoms with Crippen LogP contribution in [0.4, 0.5) is 0 Å². The van der Waals surface area contributed by atoms with Crippen LogP contribution in [-0.4, -0.2) is 42.6 Å². The fourth-order valence-electron chi connectivity index (χ4n) is 2.87. The van der Waals surface area contributed by atoms with Crippen LogP contribution in [0.5, 0.6) is 0 Å². The molecule has 7 heteroatoms. The Bertz CT molecular complexity index is 789. The van der Waals surface area contributed by atoms with Gasteiger partial charge in [0.25, 0.3) is 11.8 Å². The Hall–Kier alpha value is -2.44. The molecule has 1 aromatic heterocycles. The number of ether oxygens (including phenoxy) is 1. The Kier molecular flexibility index (Phi) is 6.79. The van der Waals surface area contributed by atoms with Crippen LogP contribution in [0.15, 0.2) is 42.6 Å². The van der Waals surface area contributed by atoms with Gasteiger partial charge in [0.1, 0.15) is 5.69 Å². The molecule has 0 aliphatic carbocycles. The molecule has 2 amide bonds. The standard InChI is InChI=1S/C20H22ClN3O3/c21-16-5-3-14(4-6-16)7-9-23-19(25)15-8-10-22-18(12-15)20(26)24-13-17-2-1-11-27-17/h3-6,8,10,12,17H,1-2,7,9,11,13H2,(H,23,25)(H,24,26). The van der Waals surface area contributed by atoms with Crippen molar-refractivity contribution in [3.05, 3.63) is 64.4 Å². The van der Waals surface area contributed by atoms with Crippen LogP contribution in [0, 0.1) is 0 Å². The van der Waals surface area contributed by atoms with E-state index in [0.29, 0.717) is 30.1 Å². The maximum atomic E-state index is 12.3. The summed E-state index contributed by atoms with van der Waals surface area (Å²) in [5, 5.41) is 6.35. The summed E-state index contributed by atoms with van der Waals surface area (Å²) < 4.78 is 5.48. The van der Waals surface area contributed by atoms with E-state index in [2.05, 4.69) is 15.6 Å². The van der Waals surface area contributed by atoms with Crippen LogP contribution in [0.2, 0.25) is 5.02 Å². The number of aromatic nitrogens is 1. The molecule has 2 heterocycles. The SMILES string of the molecule is O=C(NCCc1ccc(Cl)cc1)c1ccnc(C(=O)NCC2CCCO2)c1. The largest absolute Gasteiger partial charge is 0.376 e. The molecule has 1 aliphatic rings. The topological polar surface area (TPSA) is 80.3 Å². The van der Waals surface area contributed by atoms with Crippen molar-refractivity contribution in [2.45, 2.75) is 25.4 Å². The van der Waals surface area contributed by atoms with Crippen molar-refractivity contribution in [1.82, 2.24) is 15.6 Å². The Morgan fingerprint density at radius 3 is 2.70 bits per heavy atom. The molecule has 6 nitrogen and oxygen atoms in total. The molecule has 1 atom stereocenters. The van der Waals surface area contributed by atoms with Crippen LogP contribution in [0.1, 0.15) is 39.3 Å². The fraction of sp³-hybridized carbons (Fsp3) is 0.350. The van der Waals surface area contributed by atoms with Crippen molar-refractivity contribution in [3.63, 3.8) is 0 Å². The van der Waals surface area contributed by atoms with Gasteiger partial charge in [-0.1, -0.05) is 23.7 Å². The van der Waals surface area contributed by atoms with Gasteiger partial charge in [0.2, 0.25) is 0 Å². The molecule has 0 bridgehead atoms. The van der Waals surface area contributed by atoms with Crippen molar-refractivity contribution < 1.29 is 14.3 Å². The zero-order valence-electron chi connectivity index (χ0n) is 14.9. The quantitative estimate of drug-likeness (QED) is 0.765. The van der Waals surface area contributed by atoms with Gasteiger partial charge in [0, 0.05) is 36.5 Å². The minimum absolute atomic E-state index is 0.0632. The molecule has 2 aromatic rings. The van der Waals surface area contributed by atoms with Crippen molar-refractivity contribution in [2.24, 2.45) is 0 Å². The molecule has 1 unspecified atom stereocenters. The number of nitrogens with one attached hydrogen (secondary N) is 2. The highest BCUT2D eigenvalue weighted by molar-refractivity contribution is 6.30. The molecule has 1 fully saturated rings. The third-order valence-corrected chi connectivity index (χ3v) is 4.63. The summed E-state index contributed by atoms with van der Waals surface area (Å²) >= 11 is 5.86. The number of halogens is 1. The van der Waals surface area contributed by atoms with E-state index < -0.39 is 0 Å². The number of nitrogens with zero attached hydrogens (tertiary/aromatic N) is 1. The first-order chi connectivity index (χ1) is 13.1. The second-order valence-electron chi connectivity index (χ2n) is 6.41. The van der Waals surface area contributed by atoms with Crippen molar-refractivity contribution in [3.8, 4) is 0 Å². The third kappa shape index (κ3) is 5.77. The Labute approximate surface area is 163 Å². The van der Waals surface area contributed by atoms with Gasteiger partial charge in [-0.15, -0.1) is 0 Å². The highest BCUT2D eigenvalue weighted by Gasteiger charge is 2.17. The van der Waals surface area contributed by atoms with Gasteiger partial charge in [-0.3, -0.25) is 14.6 Å². The number of benzene rings is 1. The second kappa shape index (κ2) is 9.48. The van der Waals surface area contributed by atoms with Crippen LogP contribution in [0.3, 0.4) is 0 Å². The smallest absolute Gasteiger partial charge is 0.269 e. The van der Waals surface area contributed by atoms with Crippen molar-refractivity contribution >= 4 is 23.4 Å². The van der Waals surface area contributed by atoms with E-state index in [-0.39, 0.29) is 23.6 Å². The summed E-state index contributed by atoms with van der Waals surface area (Å²) in [6.45, 7) is 1.69. The molecule has 1 aromatic carbocycles. The zero-order chi connectivity index (χ0) is 19.1. The molecule has 142 valence electrons. The van der Waals surface area contributed by atoms with Gasteiger partial charge in [-0.2, -0.15) is 0 Å². The molecule has 1 aliphatic heterocycles. The Morgan fingerprint density at radius 2 is 1.96 bits per heavy atom. The maximum Gasteiger partial charge on any atom is 0.269 e. The second-order valence-corrected chi connectivity index (χ2v) is 6.84. The molecule has 2 N–H and O–H groups in total. The van der Waals surface area contributed by atoms with E-state index in [1.54, 1.807) is 6.07 Å². The van der Waals surface area contributed by atoms with E-state index in [0.717, 1.165) is 25.0 Å². The van der Waals surface area contributed by atoms with Crippen LogP contribution in [-0.2, 0) is 11.2 Å². The van der Waals surface area contributed by atoms with Crippen LogP contribution in [0.25, 0.3) is 0 Å².